The first-order valence-electron chi connectivity index (χ1n) is 12.3. The fraction of sp³-hybridized carbons (Fsp3) is 0.333. The molecule has 3 atom stereocenters. The maximum atomic E-state index is 12.8. The number of fused-ring (bicyclic) bond motifs is 3. The molecule has 9 nitrogen and oxygen atoms in total. The number of nitrogens with zero attached hydrogens (tertiary/aromatic N) is 2. The van der Waals surface area contributed by atoms with Gasteiger partial charge in [-0.3, -0.25) is 14.7 Å². The zero-order valence-corrected chi connectivity index (χ0v) is 21.8. The lowest BCUT2D eigenvalue weighted by molar-refractivity contribution is -0.193. The molecule has 3 aromatic rings. The van der Waals surface area contributed by atoms with Gasteiger partial charge in [-0.15, -0.1) is 0 Å². The van der Waals surface area contributed by atoms with Gasteiger partial charge >= 0.3 is 24.3 Å². The summed E-state index contributed by atoms with van der Waals surface area (Å²) in [6.07, 6.45) is -6.48. The standard InChI is InChI=1S/C23H23N3O2.2C2HF3O2/c1-15-6-7-21(28-15)23(27)25-22-18-5-3-2-4-17(18)19-13-26(14-20(19)22)12-16-8-10-24-11-9-16;2*3-2(4,5)1(6)7/h2-11,19-20,22H,12-14H2,1H3,(H,25,27);2*(H,6,7)/t19-,20-,22+;;/m0../s1. The summed E-state index contributed by atoms with van der Waals surface area (Å²) in [5, 5.41) is 17.5. The van der Waals surface area contributed by atoms with E-state index in [0.717, 1.165) is 25.4 Å². The van der Waals surface area contributed by atoms with Crippen LogP contribution in [0.25, 0.3) is 0 Å². The van der Waals surface area contributed by atoms with E-state index in [0.29, 0.717) is 17.6 Å². The van der Waals surface area contributed by atoms with E-state index < -0.39 is 24.3 Å². The van der Waals surface area contributed by atoms with Gasteiger partial charge in [-0.1, -0.05) is 24.3 Å². The molecule has 0 saturated carbocycles. The van der Waals surface area contributed by atoms with Crippen LogP contribution in [0, 0.1) is 12.8 Å². The third-order valence-corrected chi connectivity index (χ3v) is 6.49. The summed E-state index contributed by atoms with van der Waals surface area (Å²) in [7, 11) is 0. The zero-order chi connectivity index (χ0) is 31.2. The van der Waals surface area contributed by atoms with Gasteiger partial charge in [-0.05, 0) is 47.9 Å². The van der Waals surface area contributed by atoms with Crippen molar-refractivity contribution in [1.82, 2.24) is 15.2 Å². The second-order valence-corrected chi connectivity index (χ2v) is 9.42. The van der Waals surface area contributed by atoms with Crippen LogP contribution in [0.2, 0.25) is 0 Å². The van der Waals surface area contributed by atoms with E-state index in [1.54, 1.807) is 6.07 Å². The van der Waals surface area contributed by atoms with Gasteiger partial charge in [0.25, 0.3) is 5.91 Å². The number of rotatable bonds is 4. The Labute approximate surface area is 234 Å². The number of benzene rings is 1. The van der Waals surface area contributed by atoms with Crippen LogP contribution in [-0.2, 0) is 16.1 Å². The third-order valence-electron chi connectivity index (χ3n) is 6.49. The number of amides is 1. The summed E-state index contributed by atoms with van der Waals surface area (Å²) in [6.45, 7) is 4.74. The number of halogens is 6. The van der Waals surface area contributed by atoms with Crippen molar-refractivity contribution in [2.24, 2.45) is 5.92 Å². The molecule has 42 heavy (non-hydrogen) atoms. The van der Waals surface area contributed by atoms with Gasteiger partial charge in [0.1, 0.15) is 5.76 Å². The van der Waals surface area contributed by atoms with E-state index in [2.05, 4.69) is 51.6 Å². The van der Waals surface area contributed by atoms with Gasteiger partial charge in [0.2, 0.25) is 0 Å². The average Bonchev–Trinajstić information content (AvgIpc) is 3.60. The summed E-state index contributed by atoms with van der Waals surface area (Å²) < 4.78 is 69.0. The van der Waals surface area contributed by atoms with Crippen molar-refractivity contribution in [2.45, 2.75) is 37.8 Å². The lowest BCUT2D eigenvalue weighted by atomic mass is 9.94. The Morgan fingerprint density at radius 2 is 1.45 bits per heavy atom. The van der Waals surface area contributed by atoms with Crippen molar-refractivity contribution in [3.8, 4) is 0 Å². The van der Waals surface area contributed by atoms with Crippen LogP contribution in [-0.4, -0.2) is 63.4 Å². The first kappa shape index (κ1) is 32.1. The van der Waals surface area contributed by atoms with E-state index in [1.165, 1.54) is 16.7 Å². The molecule has 1 aliphatic heterocycles. The number of aromatic nitrogens is 1. The number of carbonyl (C=O) groups excluding carboxylic acids is 1. The predicted molar refractivity (Wildman–Crippen MR) is 133 cm³/mol. The first-order valence-corrected chi connectivity index (χ1v) is 12.3. The van der Waals surface area contributed by atoms with Gasteiger partial charge in [0.15, 0.2) is 5.76 Å². The number of aryl methyl sites for hydroxylation is 1. The van der Waals surface area contributed by atoms with Crippen LogP contribution in [0.4, 0.5) is 26.3 Å². The Bertz CT molecular complexity index is 1370. The van der Waals surface area contributed by atoms with Gasteiger partial charge < -0.3 is 19.9 Å². The molecule has 3 N–H and O–H groups in total. The maximum absolute atomic E-state index is 12.8. The number of alkyl halides is 6. The summed E-state index contributed by atoms with van der Waals surface area (Å²) in [5.41, 5.74) is 3.89. The number of pyridine rings is 1. The molecular weight excluding hydrogens is 576 g/mol. The third kappa shape index (κ3) is 8.31. The van der Waals surface area contributed by atoms with E-state index in [-0.39, 0.29) is 11.9 Å². The molecule has 5 rings (SSSR count). The molecule has 2 aliphatic rings. The second-order valence-electron chi connectivity index (χ2n) is 9.42. The Morgan fingerprint density at radius 3 is 1.95 bits per heavy atom. The number of carbonyl (C=O) groups is 3. The van der Waals surface area contributed by atoms with E-state index in [9.17, 15) is 31.1 Å². The molecule has 2 aromatic heterocycles. The lowest BCUT2D eigenvalue weighted by Gasteiger charge is -2.22. The highest BCUT2D eigenvalue weighted by Gasteiger charge is 2.46. The fourth-order valence-corrected chi connectivity index (χ4v) is 4.77. The summed E-state index contributed by atoms with van der Waals surface area (Å²) in [4.78, 5) is 37.1. The topological polar surface area (TPSA) is 133 Å². The highest BCUT2D eigenvalue weighted by atomic mass is 19.4. The zero-order valence-electron chi connectivity index (χ0n) is 21.8. The van der Waals surface area contributed by atoms with Crippen molar-refractivity contribution >= 4 is 17.8 Å². The molecule has 0 bridgehead atoms. The number of hydrogen-bond acceptors (Lipinski definition) is 6. The smallest absolute Gasteiger partial charge is 0.475 e. The Morgan fingerprint density at radius 1 is 0.905 bits per heavy atom. The van der Waals surface area contributed by atoms with Crippen molar-refractivity contribution in [3.63, 3.8) is 0 Å². The fourth-order valence-electron chi connectivity index (χ4n) is 4.77. The largest absolute Gasteiger partial charge is 0.490 e. The molecule has 1 aromatic carbocycles. The number of likely N-dealkylation sites (tertiary alicyclic amines) is 1. The van der Waals surface area contributed by atoms with E-state index in [4.69, 9.17) is 24.2 Å². The quantitative estimate of drug-likeness (QED) is 0.358. The number of carboxylic acids is 2. The predicted octanol–water partition coefficient (Wildman–Crippen LogP) is 4.95. The summed E-state index contributed by atoms with van der Waals surface area (Å²) in [6, 6.07) is 16.2. The minimum absolute atomic E-state index is 0.0153. The van der Waals surface area contributed by atoms with Crippen LogP contribution in [0.15, 0.2) is 65.3 Å². The van der Waals surface area contributed by atoms with Crippen molar-refractivity contribution in [1.29, 1.82) is 0 Å². The van der Waals surface area contributed by atoms with Crippen molar-refractivity contribution in [2.75, 3.05) is 13.1 Å². The van der Waals surface area contributed by atoms with Crippen LogP contribution in [0.3, 0.4) is 0 Å². The van der Waals surface area contributed by atoms with Crippen LogP contribution in [0.1, 0.15) is 45.0 Å². The number of nitrogens with one attached hydrogen (secondary N) is 1. The molecule has 0 spiro atoms. The number of furan rings is 1. The minimum atomic E-state index is -5.08. The van der Waals surface area contributed by atoms with Gasteiger partial charge in [-0.2, -0.15) is 26.3 Å². The highest BCUT2D eigenvalue weighted by Crippen LogP contribution is 2.49. The van der Waals surface area contributed by atoms with Gasteiger partial charge in [0, 0.05) is 43.9 Å². The summed E-state index contributed by atoms with van der Waals surface area (Å²) in [5.74, 6) is -3.70. The van der Waals surface area contributed by atoms with Crippen LogP contribution < -0.4 is 5.32 Å². The first-order chi connectivity index (χ1) is 19.6. The Hall–Kier alpha value is -4.40. The molecule has 15 heteroatoms. The Balaban J connectivity index is 0.000000289. The Kier molecular flexibility index (Phi) is 9.99. The number of aliphatic carboxylic acids is 2. The van der Waals surface area contributed by atoms with E-state index in [1.807, 2.05) is 25.4 Å². The monoisotopic (exact) mass is 601 g/mol. The van der Waals surface area contributed by atoms with Crippen LogP contribution in [0.5, 0.6) is 0 Å². The second kappa shape index (κ2) is 13.1. The lowest BCUT2D eigenvalue weighted by Crippen LogP contribution is -2.33. The molecule has 0 unspecified atom stereocenters. The van der Waals surface area contributed by atoms with E-state index >= 15 is 0 Å². The maximum Gasteiger partial charge on any atom is 0.490 e. The molecule has 1 amide bonds. The SMILES string of the molecule is Cc1ccc(C(=O)N[C@@H]2c3ccccc3[C@@H]3CN(Cc4ccncc4)C[C@H]23)o1.O=C(O)C(F)(F)F.O=C(O)C(F)(F)F. The molecule has 3 heterocycles. The van der Waals surface area contributed by atoms with Gasteiger partial charge in [-0.25, -0.2) is 9.59 Å². The minimum Gasteiger partial charge on any atom is -0.475 e. The number of hydrogen-bond donors (Lipinski definition) is 3. The summed E-state index contributed by atoms with van der Waals surface area (Å²) >= 11 is 0. The molecular formula is C27H25F6N3O6. The normalized spacial score (nSPS) is 19.4. The molecule has 1 aliphatic carbocycles. The van der Waals surface area contributed by atoms with Gasteiger partial charge in [0.05, 0.1) is 6.04 Å². The highest BCUT2D eigenvalue weighted by molar-refractivity contribution is 5.92. The van der Waals surface area contributed by atoms with Crippen LogP contribution >= 0.6 is 0 Å². The van der Waals surface area contributed by atoms with Crippen molar-refractivity contribution in [3.05, 3.63) is 89.1 Å². The number of carboxylic acid groups (broad SMARTS) is 2. The molecule has 226 valence electrons. The van der Waals surface area contributed by atoms with Crippen molar-refractivity contribution < 1.29 is 55.4 Å². The molecule has 0 radical (unpaired) electrons. The molecule has 1 saturated heterocycles. The average molecular weight is 602 g/mol. The molecule has 1 fully saturated rings.